The Morgan fingerprint density at radius 1 is 1.33 bits per heavy atom. The lowest BCUT2D eigenvalue weighted by Crippen LogP contribution is -2.25. The van der Waals surface area contributed by atoms with Crippen LogP contribution in [0.25, 0.3) is 0 Å². The van der Waals surface area contributed by atoms with Crippen LogP contribution in [-0.2, 0) is 11.2 Å². The molecule has 1 aromatic rings. The van der Waals surface area contributed by atoms with Crippen LogP contribution in [0.1, 0.15) is 12.0 Å². The van der Waals surface area contributed by atoms with E-state index in [1.165, 1.54) is 12.1 Å². The summed E-state index contributed by atoms with van der Waals surface area (Å²) in [6.07, 6.45) is -1.56. The van der Waals surface area contributed by atoms with E-state index >= 15 is 0 Å². The third-order valence-electron chi connectivity index (χ3n) is 2.37. The van der Waals surface area contributed by atoms with Gasteiger partial charge in [0.2, 0.25) is 0 Å². The molecule has 0 amide bonds. The van der Waals surface area contributed by atoms with Crippen LogP contribution in [0.15, 0.2) is 18.2 Å². The molecule has 0 aliphatic heterocycles. The Bertz CT molecular complexity index is 376. The van der Waals surface area contributed by atoms with Crippen molar-refractivity contribution in [2.24, 2.45) is 5.73 Å². The van der Waals surface area contributed by atoms with Crippen molar-refractivity contribution in [2.45, 2.75) is 25.3 Å². The maximum atomic E-state index is 12.8. The van der Waals surface area contributed by atoms with Crippen molar-refractivity contribution in [3.8, 4) is 0 Å². The van der Waals surface area contributed by atoms with Crippen LogP contribution in [0.4, 0.5) is 13.2 Å². The van der Waals surface area contributed by atoms with Crippen molar-refractivity contribution in [3.05, 3.63) is 34.6 Å². The predicted octanol–water partition coefficient (Wildman–Crippen LogP) is 3.02. The van der Waals surface area contributed by atoms with E-state index in [-0.39, 0.29) is 12.6 Å². The summed E-state index contributed by atoms with van der Waals surface area (Å²) in [5, 5.41) is 0.318. The van der Waals surface area contributed by atoms with E-state index in [4.69, 9.17) is 22.1 Å². The molecule has 6 heteroatoms. The zero-order valence-electron chi connectivity index (χ0n) is 9.71. The van der Waals surface area contributed by atoms with Crippen molar-refractivity contribution in [1.29, 1.82) is 0 Å². The minimum absolute atomic E-state index is 0.171. The fourth-order valence-corrected chi connectivity index (χ4v) is 1.72. The molecule has 0 fully saturated rings. The Morgan fingerprint density at radius 2 is 2.06 bits per heavy atom. The average molecular weight is 282 g/mol. The van der Waals surface area contributed by atoms with Crippen LogP contribution < -0.4 is 5.73 Å². The Kier molecular flexibility index (Phi) is 6.46. The highest BCUT2D eigenvalue weighted by molar-refractivity contribution is 6.31. The van der Waals surface area contributed by atoms with Gasteiger partial charge < -0.3 is 10.5 Å². The topological polar surface area (TPSA) is 35.2 Å². The third kappa shape index (κ3) is 5.71. The van der Waals surface area contributed by atoms with E-state index in [9.17, 15) is 13.2 Å². The van der Waals surface area contributed by atoms with Gasteiger partial charge in [-0.25, -0.2) is 13.2 Å². The zero-order valence-corrected chi connectivity index (χ0v) is 10.5. The van der Waals surface area contributed by atoms with Crippen molar-refractivity contribution in [2.75, 3.05) is 13.2 Å². The van der Waals surface area contributed by atoms with Crippen molar-refractivity contribution in [3.63, 3.8) is 0 Å². The summed E-state index contributed by atoms with van der Waals surface area (Å²) >= 11 is 5.85. The molecular formula is C12H15ClF3NO. The van der Waals surface area contributed by atoms with Crippen molar-refractivity contribution < 1.29 is 17.9 Å². The molecule has 0 heterocycles. The summed E-state index contributed by atoms with van der Waals surface area (Å²) in [7, 11) is 0. The van der Waals surface area contributed by atoms with Gasteiger partial charge in [-0.15, -0.1) is 0 Å². The van der Waals surface area contributed by atoms with Gasteiger partial charge in [-0.2, -0.15) is 0 Å². The number of hydrogen-bond acceptors (Lipinski definition) is 2. The predicted molar refractivity (Wildman–Crippen MR) is 64.5 cm³/mol. The number of hydrogen-bond donors (Lipinski definition) is 1. The molecule has 0 spiro atoms. The molecule has 2 nitrogen and oxygen atoms in total. The van der Waals surface area contributed by atoms with Crippen LogP contribution in [0.5, 0.6) is 0 Å². The molecule has 1 rings (SSSR count). The molecule has 0 saturated carbocycles. The highest BCUT2D eigenvalue weighted by Crippen LogP contribution is 2.19. The SMILES string of the molecule is NC(CCOCC(F)F)Cc1ccc(F)cc1Cl. The van der Waals surface area contributed by atoms with E-state index in [0.717, 1.165) is 5.56 Å². The first-order chi connectivity index (χ1) is 8.49. The Hall–Kier alpha value is -0.780. The van der Waals surface area contributed by atoms with Crippen LogP contribution in [0, 0.1) is 5.82 Å². The number of halogens is 4. The first-order valence-corrected chi connectivity index (χ1v) is 5.92. The number of benzene rings is 1. The van der Waals surface area contributed by atoms with Gasteiger partial charge in [-0.1, -0.05) is 17.7 Å². The molecule has 102 valence electrons. The monoisotopic (exact) mass is 281 g/mol. The first-order valence-electron chi connectivity index (χ1n) is 5.54. The lowest BCUT2D eigenvalue weighted by molar-refractivity contribution is 0.0153. The highest BCUT2D eigenvalue weighted by Gasteiger charge is 2.09. The maximum absolute atomic E-state index is 12.8. The van der Waals surface area contributed by atoms with Crippen LogP contribution in [-0.4, -0.2) is 25.7 Å². The molecule has 0 aliphatic carbocycles. The lowest BCUT2D eigenvalue weighted by atomic mass is 10.0. The molecule has 1 unspecified atom stereocenters. The van der Waals surface area contributed by atoms with Gasteiger partial charge in [0.15, 0.2) is 0 Å². The number of alkyl halides is 2. The van der Waals surface area contributed by atoms with Crippen molar-refractivity contribution in [1.82, 2.24) is 0 Å². The fraction of sp³-hybridized carbons (Fsp3) is 0.500. The van der Waals surface area contributed by atoms with E-state index < -0.39 is 18.8 Å². The molecule has 0 radical (unpaired) electrons. The summed E-state index contributed by atoms with van der Waals surface area (Å²) in [5.41, 5.74) is 6.55. The summed E-state index contributed by atoms with van der Waals surface area (Å²) in [5.74, 6) is -0.405. The molecule has 0 aliphatic rings. The summed E-state index contributed by atoms with van der Waals surface area (Å²) in [6, 6.07) is 3.83. The van der Waals surface area contributed by atoms with Gasteiger partial charge in [0, 0.05) is 17.7 Å². The van der Waals surface area contributed by atoms with Gasteiger partial charge in [0.05, 0.1) is 0 Å². The summed E-state index contributed by atoms with van der Waals surface area (Å²) in [4.78, 5) is 0. The van der Waals surface area contributed by atoms with Crippen molar-refractivity contribution >= 4 is 11.6 Å². The van der Waals surface area contributed by atoms with Gasteiger partial charge in [-0.3, -0.25) is 0 Å². The molecule has 1 aromatic carbocycles. The van der Waals surface area contributed by atoms with E-state index in [0.29, 0.717) is 17.9 Å². The van der Waals surface area contributed by atoms with E-state index in [1.807, 2.05) is 0 Å². The molecule has 1 atom stereocenters. The normalized spacial score (nSPS) is 13.0. The van der Waals surface area contributed by atoms with Gasteiger partial charge in [0.1, 0.15) is 12.4 Å². The number of nitrogens with two attached hydrogens (primary N) is 1. The van der Waals surface area contributed by atoms with Crippen LogP contribution in [0.2, 0.25) is 5.02 Å². The molecule has 0 saturated heterocycles. The van der Waals surface area contributed by atoms with Crippen LogP contribution >= 0.6 is 11.6 Å². The standard InChI is InChI=1S/C12H15ClF3NO/c13-11-6-9(14)2-1-8(11)5-10(17)3-4-18-7-12(15)16/h1-2,6,10,12H,3-5,7,17H2. The first kappa shape index (κ1) is 15.3. The minimum Gasteiger partial charge on any atom is -0.375 e. The average Bonchev–Trinajstić information content (AvgIpc) is 2.28. The number of ether oxygens (including phenoxy) is 1. The summed E-state index contributed by atoms with van der Waals surface area (Å²) in [6.45, 7) is -0.408. The fourth-order valence-electron chi connectivity index (χ4n) is 1.48. The lowest BCUT2D eigenvalue weighted by Gasteiger charge is -2.13. The Labute approximate surface area is 109 Å². The second-order valence-corrected chi connectivity index (χ2v) is 4.36. The smallest absolute Gasteiger partial charge is 0.261 e. The molecule has 0 bridgehead atoms. The second-order valence-electron chi connectivity index (χ2n) is 3.95. The minimum atomic E-state index is -2.47. The molecular weight excluding hydrogens is 267 g/mol. The molecule has 0 aromatic heterocycles. The number of rotatable bonds is 7. The van der Waals surface area contributed by atoms with E-state index in [2.05, 4.69) is 0 Å². The highest BCUT2D eigenvalue weighted by atomic mass is 35.5. The largest absolute Gasteiger partial charge is 0.375 e. The molecule has 18 heavy (non-hydrogen) atoms. The Morgan fingerprint density at radius 3 is 2.67 bits per heavy atom. The third-order valence-corrected chi connectivity index (χ3v) is 2.73. The second kappa shape index (κ2) is 7.61. The van der Waals surface area contributed by atoms with Gasteiger partial charge in [-0.05, 0) is 30.5 Å². The van der Waals surface area contributed by atoms with Gasteiger partial charge in [0.25, 0.3) is 6.43 Å². The Balaban J connectivity index is 2.33. The zero-order chi connectivity index (χ0) is 13.5. The quantitative estimate of drug-likeness (QED) is 0.780. The maximum Gasteiger partial charge on any atom is 0.261 e. The van der Waals surface area contributed by atoms with Gasteiger partial charge >= 0.3 is 0 Å². The van der Waals surface area contributed by atoms with Crippen LogP contribution in [0.3, 0.4) is 0 Å². The molecule has 2 N–H and O–H groups in total. The van der Waals surface area contributed by atoms with E-state index in [1.54, 1.807) is 6.07 Å². The summed E-state index contributed by atoms with van der Waals surface area (Å²) < 4.78 is 41.1.